The van der Waals surface area contributed by atoms with Crippen LogP contribution in [0.25, 0.3) is 90.9 Å². The van der Waals surface area contributed by atoms with Crippen molar-refractivity contribution in [3.8, 4) is 84.8 Å². The molecule has 0 saturated heterocycles. The van der Waals surface area contributed by atoms with Crippen LogP contribution in [0.1, 0.15) is 290 Å². The van der Waals surface area contributed by atoms with Crippen LogP contribution in [-0.4, -0.2) is 78.8 Å². The highest BCUT2D eigenvalue weighted by Gasteiger charge is 2.23. The van der Waals surface area contributed by atoms with Gasteiger partial charge in [0.25, 0.3) is 0 Å². The molecule has 13 heteroatoms. The first kappa shape index (κ1) is 82.6. The van der Waals surface area contributed by atoms with Gasteiger partial charge in [-0.05, 0) is 171 Å². The van der Waals surface area contributed by atoms with Gasteiger partial charge in [0.1, 0.15) is 40.2 Å². The van der Waals surface area contributed by atoms with Gasteiger partial charge in [0.2, 0.25) is 0 Å². The van der Waals surface area contributed by atoms with Crippen LogP contribution in [-0.2, 0) is 9.53 Å². The van der Waals surface area contributed by atoms with E-state index in [1.165, 1.54) is 84.0 Å². The van der Waals surface area contributed by atoms with Crippen molar-refractivity contribution in [3.63, 3.8) is 0 Å². The molecule has 3 aromatic heterocycles. The Balaban J connectivity index is 1.24. The number of hydrogen-bond donors (Lipinski definition) is 2. The molecule has 7 aromatic rings. The van der Waals surface area contributed by atoms with Crippen LogP contribution in [0.5, 0.6) is 40.2 Å². The fourth-order valence-electron chi connectivity index (χ4n) is 14.1. The summed E-state index contributed by atoms with van der Waals surface area (Å²) in [4.78, 5) is 30.8. The average molecular weight is 1460 g/mol. The molecule has 2 aliphatic heterocycles. The number of ether oxygens (including phenoxy) is 8. The molecule has 8 bridgehead atoms. The highest BCUT2D eigenvalue weighted by atomic mass is 16.5. The molecule has 0 radical (unpaired) electrons. The molecule has 0 amide bonds. The topological polar surface area (TPSA) is 148 Å². The third-order valence-corrected chi connectivity index (χ3v) is 20.1. The highest BCUT2D eigenvalue weighted by molar-refractivity contribution is 6.00. The summed E-state index contributed by atoms with van der Waals surface area (Å²) in [5.41, 5.74) is 14.1. The number of aromatic amines is 2. The maximum atomic E-state index is 11.1. The van der Waals surface area contributed by atoms with E-state index in [0.717, 1.165) is 271 Å². The molecular formula is C94H128N4O9. The summed E-state index contributed by atoms with van der Waals surface area (Å²) < 4.78 is 52.0. The van der Waals surface area contributed by atoms with Gasteiger partial charge < -0.3 is 47.9 Å². The Labute approximate surface area is 641 Å². The van der Waals surface area contributed by atoms with E-state index in [1.807, 2.05) is 0 Å². The van der Waals surface area contributed by atoms with Crippen molar-refractivity contribution in [1.82, 2.24) is 19.9 Å². The lowest BCUT2D eigenvalue weighted by molar-refractivity contribution is -0.141. The summed E-state index contributed by atoms with van der Waals surface area (Å²) in [6, 6.07) is 36.6. The zero-order valence-electron chi connectivity index (χ0n) is 66.4. The summed E-state index contributed by atoms with van der Waals surface area (Å²) >= 11 is 0. The van der Waals surface area contributed by atoms with E-state index in [2.05, 4.69) is 179 Å². The molecule has 2 N–H and O–H groups in total. The molecule has 0 atom stereocenters. The summed E-state index contributed by atoms with van der Waals surface area (Å²) in [7, 11) is 0. The molecule has 578 valence electrons. The molecule has 9 rings (SSSR count). The van der Waals surface area contributed by atoms with Gasteiger partial charge in [-0.3, -0.25) is 4.79 Å². The Kier molecular flexibility index (Phi) is 36.6. The number of rotatable bonds is 54. The van der Waals surface area contributed by atoms with Crippen molar-refractivity contribution in [3.05, 3.63) is 126 Å². The van der Waals surface area contributed by atoms with E-state index in [4.69, 9.17) is 47.9 Å². The van der Waals surface area contributed by atoms with Gasteiger partial charge in [0.05, 0.1) is 75.6 Å². The zero-order chi connectivity index (χ0) is 74.9. The van der Waals surface area contributed by atoms with E-state index >= 15 is 0 Å². The minimum absolute atomic E-state index is 0.192. The van der Waals surface area contributed by atoms with E-state index in [9.17, 15) is 4.79 Å². The largest absolute Gasteiger partial charge is 0.494 e. The maximum Gasteiger partial charge on any atom is 0.302 e. The summed E-state index contributed by atoms with van der Waals surface area (Å²) in [5.74, 6) is 5.21. The molecule has 4 aromatic carbocycles. The van der Waals surface area contributed by atoms with Crippen molar-refractivity contribution in [1.29, 1.82) is 0 Å². The van der Waals surface area contributed by atoms with E-state index < -0.39 is 0 Å². The Morgan fingerprint density at radius 3 is 0.738 bits per heavy atom. The van der Waals surface area contributed by atoms with E-state index in [1.54, 1.807) is 0 Å². The molecule has 13 nitrogen and oxygen atoms in total. The number of nitrogens with one attached hydrogen (secondary N) is 2. The molecule has 0 fully saturated rings. The number of benzene rings is 4. The van der Waals surface area contributed by atoms with Gasteiger partial charge in [-0.1, -0.05) is 221 Å². The maximum absolute atomic E-state index is 11.1. The van der Waals surface area contributed by atoms with Crippen LogP contribution < -0.4 is 33.2 Å². The third kappa shape index (κ3) is 27.3. The SMILES string of the molecule is CCCCCCOc1cc(OCCCCCC)cc(-c2c3nc(c(-c4cc(OCCCCCC)cc(OCCCCCC)c4)c4ccc([nH]4)c(-c4cc(OCCCCCC)cc(OCCCCCC)c4)c4nc(c(-c5ccc(OCCCCCCCCCCCCOC(C)=O)cc5)c5ccc2[nH]5)C=C4)C=C3)c1. The number of hydrogen-bond acceptors (Lipinski definition) is 11. The highest BCUT2D eigenvalue weighted by Crippen LogP contribution is 2.43. The lowest BCUT2D eigenvalue weighted by Gasteiger charge is -2.14. The molecule has 0 spiro atoms. The van der Waals surface area contributed by atoms with Crippen LogP contribution in [0.4, 0.5) is 0 Å². The summed E-state index contributed by atoms with van der Waals surface area (Å²) in [6.07, 6.45) is 46.6. The summed E-state index contributed by atoms with van der Waals surface area (Å²) in [5, 5.41) is 0. The van der Waals surface area contributed by atoms with Gasteiger partial charge in [-0.2, -0.15) is 0 Å². The van der Waals surface area contributed by atoms with Gasteiger partial charge in [0, 0.05) is 69.4 Å². The van der Waals surface area contributed by atoms with Crippen LogP contribution in [0.2, 0.25) is 0 Å². The van der Waals surface area contributed by atoms with Crippen molar-refractivity contribution >= 4 is 52.3 Å². The number of fused-ring (bicyclic) bond motifs is 8. The molecule has 5 heterocycles. The number of esters is 1. The first-order chi connectivity index (χ1) is 52.7. The van der Waals surface area contributed by atoms with Gasteiger partial charge in [0.15, 0.2) is 0 Å². The molecule has 0 aliphatic carbocycles. The Bertz CT molecular complexity index is 3840. The summed E-state index contributed by atoms with van der Waals surface area (Å²) in [6.45, 7) is 19.8. The first-order valence-corrected chi connectivity index (χ1v) is 41.9. The smallest absolute Gasteiger partial charge is 0.302 e. The lowest BCUT2D eigenvalue weighted by atomic mass is 10.0. The quantitative estimate of drug-likeness (QED) is 0.0277. The number of carbonyl (C=O) groups is 1. The average Bonchev–Trinajstić information content (AvgIpc) is 1.63. The second kappa shape index (κ2) is 47.4. The van der Waals surface area contributed by atoms with Crippen molar-refractivity contribution in [2.24, 2.45) is 0 Å². The van der Waals surface area contributed by atoms with Crippen molar-refractivity contribution in [2.75, 3.05) is 52.9 Å². The van der Waals surface area contributed by atoms with Crippen LogP contribution >= 0.6 is 0 Å². The normalized spacial score (nSPS) is 11.7. The first-order valence-electron chi connectivity index (χ1n) is 41.9. The third-order valence-electron chi connectivity index (χ3n) is 20.1. The molecule has 2 aliphatic rings. The monoisotopic (exact) mass is 1460 g/mol. The minimum atomic E-state index is -0.192. The Morgan fingerprint density at radius 2 is 0.486 bits per heavy atom. The number of unbranched alkanes of at least 4 members (excludes halogenated alkanes) is 27. The predicted molar refractivity (Wildman–Crippen MR) is 447 cm³/mol. The number of carbonyl (C=O) groups excluding carboxylic acids is 1. The van der Waals surface area contributed by atoms with Crippen molar-refractivity contribution < 1.29 is 42.7 Å². The molecular weight excluding hydrogens is 1330 g/mol. The second-order valence-corrected chi connectivity index (χ2v) is 29.3. The zero-order valence-corrected chi connectivity index (χ0v) is 66.4. The number of nitrogens with zero attached hydrogens (tertiary/aromatic N) is 2. The number of aromatic nitrogens is 4. The van der Waals surface area contributed by atoms with Gasteiger partial charge in [-0.15, -0.1) is 0 Å². The molecule has 107 heavy (non-hydrogen) atoms. The molecule has 0 unspecified atom stereocenters. The van der Waals surface area contributed by atoms with Gasteiger partial charge >= 0.3 is 5.97 Å². The standard InChI is InChI=1S/C94H128N4O9/c1-8-14-20-34-56-102-77-62-73(63-78(68-77)103-57-35-21-15-9-2)92-85-48-46-83(95-85)91(72-42-44-76(45-43-72)101-55-41-33-31-29-27-26-28-30-32-40-54-100-71(7)99)84-47-49-86(96-84)93(74-64-79(104-58-36-22-16-10-3)69-80(65-74)105-59-37-23-17-11-4)88-51-53-90(98-88)94(89-52-50-87(92)97-89)75-66-81(106-60-38-24-18-12-5)70-82(67-75)107-61-39-25-19-13-6/h42-53,62-70,95,98H,8-41,54-61H2,1-7H3. The number of H-pyrrole nitrogens is 2. The van der Waals surface area contributed by atoms with Crippen LogP contribution in [0, 0.1) is 0 Å². The van der Waals surface area contributed by atoms with Crippen LogP contribution in [0.15, 0.2) is 103 Å². The Hall–Kier alpha value is -8.45. The Morgan fingerprint density at radius 1 is 0.262 bits per heavy atom. The van der Waals surface area contributed by atoms with E-state index in [-0.39, 0.29) is 5.97 Å². The minimum Gasteiger partial charge on any atom is -0.494 e. The van der Waals surface area contributed by atoms with Crippen LogP contribution in [0.3, 0.4) is 0 Å². The lowest BCUT2D eigenvalue weighted by Crippen LogP contribution is -2.01. The van der Waals surface area contributed by atoms with Gasteiger partial charge in [-0.25, -0.2) is 9.97 Å². The fourth-order valence-corrected chi connectivity index (χ4v) is 14.1. The fraction of sp³-hybridized carbons (Fsp3) is 0.521. The van der Waals surface area contributed by atoms with Crippen molar-refractivity contribution in [2.45, 2.75) is 267 Å². The second-order valence-electron chi connectivity index (χ2n) is 29.3. The predicted octanol–water partition coefficient (Wildman–Crippen LogP) is 26.9. The van der Waals surface area contributed by atoms with E-state index in [0.29, 0.717) is 52.9 Å². The molecule has 0 saturated carbocycles.